The van der Waals surface area contributed by atoms with Crippen molar-refractivity contribution in [2.75, 3.05) is 6.54 Å². The summed E-state index contributed by atoms with van der Waals surface area (Å²) in [5, 5.41) is 3.91. The van der Waals surface area contributed by atoms with Gasteiger partial charge >= 0.3 is 0 Å². The third-order valence-corrected chi connectivity index (χ3v) is 6.75. The van der Waals surface area contributed by atoms with Gasteiger partial charge < -0.3 is 14.3 Å². The van der Waals surface area contributed by atoms with Gasteiger partial charge in [0.25, 0.3) is 0 Å². The highest BCUT2D eigenvalue weighted by Crippen LogP contribution is 2.42. The van der Waals surface area contributed by atoms with Crippen molar-refractivity contribution < 1.29 is 9.21 Å². The van der Waals surface area contributed by atoms with Crippen molar-refractivity contribution in [1.29, 1.82) is 0 Å². The minimum absolute atomic E-state index is 0.0845. The summed E-state index contributed by atoms with van der Waals surface area (Å²) in [4.78, 5) is 27.1. The number of nitrogens with one attached hydrogen (secondary N) is 1. The molecule has 4 heterocycles. The van der Waals surface area contributed by atoms with Crippen LogP contribution in [0.2, 0.25) is 0 Å². The number of furan rings is 1. The SMILES string of the molecule is O=C(CCc1nccs1)N1CCc2[nH]cnc2[C@H]1c1oc2ccccc2c1Br. The Morgan fingerprint density at radius 1 is 1.36 bits per heavy atom. The Balaban J connectivity index is 1.53. The fraction of sp³-hybridized carbons (Fsp3) is 0.250. The number of aryl methyl sites for hydroxylation is 1. The molecule has 0 radical (unpaired) electrons. The van der Waals surface area contributed by atoms with Gasteiger partial charge in [0.15, 0.2) is 0 Å². The second-order valence-corrected chi connectivity index (χ2v) is 8.48. The van der Waals surface area contributed by atoms with E-state index in [0.717, 1.165) is 44.0 Å². The van der Waals surface area contributed by atoms with E-state index in [2.05, 4.69) is 30.9 Å². The summed E-state index contributed by atoms with van der Waals surface area (Å²) >= 11 is 5.28. The zero-order chi connectivity index (χ0) is 19.1. The first-order valence-corrected chi connectivity index (χ1v) is 10.8. The number of amides is 1. The van der Waals surface area contributed by atoms with E-state index >= 15 is 0 Å². The molecule has 1 amide bonds. The van der Waals surface area contributed by atoms with Gasteiger partial charge in [-0.3, -0.25) is 4.79 Å². The van der Waals surface area contributed by atoms with Gasteiger partial charge in [0, 0.05) is 48.5 Å². The van der Waals surface area contributed by atoms with Crippen LogP contribution in [0, 0.1) is 0 Å². The number of aromatic nitrogens is 3. The van der Waals surface area contributed by atoms with E-state index in [1.807, 2.05) is 34.5 Å². The fourth-order valence-corrected chi connectivity index (χ4v) is 5.00. The van der Waals surface area contributed by atoms with Crippen LogP contribution in [0.5, 0.6) is 0 Å². The highest BCUT2D eigenvalue weighted by molar-refractivity contribution is 9.10. The summed E-state index contributed by atoms with van der Waals surface area (Å²) in [6.07, 6.45) is 5.29. The Kier molecular flexibility index (Phi) is 4.52. The maximum Gasteiger partial charge on any atom is 0.223 e. The minimum Gasteiger partial charge on any atom is -0.457 e. The minimum atomic E-state index is -0.347. The van der Waals surface area contributed by atoms with Crippen LogP contribution in [0.1, 0.15) is 34.6 Å². The molecule has 0 saturated carbocycles. The number of carbonyl (C=O) groups excluding carboxylic acids is 1. The van der Waals surface area contributed by atoms with Crippen LogP contribution in [0.25, 0.3) is 11.0 Å². The lowest BCUT2D eigenvalue weighted by Crippen LogP contribution is -2.40. The number of rotatable bonds is 4. The monoisotopic (exact) mass is 456 g/mol. The van der Waals surface area contributed by atoms with Gasteiger partial charge in [-0.15, -0.1) is 11.3 Å². The maximum absolute atomic E-state index is 13.1. The fourth-order valence-electron chi connectivity index (χ4n) is 3.75. The van der Waals surface area contributed by atoms with Crippen molar-refractivity contribution in [2.24, 2.45) is 0 Å². The molecule has 0 aliphatic carbocycles. The average Bonchev–Trinajstić information content (AvgIpc) is 3.46. The molecular formula is C20H17BrN4O2S. The summed E-state index contributed by atoms with van der Waals surface area (Å²) in [6.45, 7) is 0.625. The highest BCUT2D eigenvalue weighted by atomic mass is 79.9. The summed E-state index contributed by atoms with van der Waals surface area (Å²) in [5.41, 5.74) is 2.71. The number of hydrogen-bond acceptors (Lipinski definition) is 5. The van der Waals surface area contributed by atoms with Gasteiger partial charge in [0.1, 0.15) is 17.4 Å². The van der Waals surface area contributed by atoms with E-state index < -0.39 is 0 Å². The number of nitrogens with zero attached hydrogens (tertiary/aromatic N) is 3. The van der Waals surface area contributed by atoms with Crippen molar-refractivity contribution >= 4 is 44.1 Å². The molecule has 1 aromatic carbocycles. The molecule has 28 heavy (non-hydrogen) atoms. The second-order valence-electron chi connectivity index (χ2n) is 6.71. The van der Waals surface area contributed by atoms with Crippen molar-refractivity contribution in [3.05, 3.63) is 68.8 Å². The summed E-state index contributed by atoms with van der Waals surface area (Å²) in [6, 6.07) is 7.52. The Bertz CT molecular complexity index is 1130. The molecule has 1 atom stereocenters. The third-order valence-electron chi connectivity index (χ3n) is 5.09. The Morgan fingerprint density at radius 2 is 2.25 bits per heavy atom. The second kappa shape index (κ2) is 7.18. The number of H-pyrrole nitrogens is 1. The Morgan fingerprint density at radius 3 is 3.07 bits per heavy atom. The first kappa shape index (κ1) is 17.6. The first-order chi connectivity index (χ1) is 13.7. The molecule has 142 valence electrons. The van der Waals surface area contributed by atoms with Crippen molar-refractivity contribution in [3.63, 3.8) is 0 Å². The van der Waals surface area contributed by atoms with Crippen LogP contribution in [0.3, 0.4) is 0 Å². The summed E-state index contributed by atoms with van der Waals surface area (Å²) < 4.78 is 7.07. The van der Waals surface area contributed by atoms with E-state index in [9.17, 15) is 4.79 Å². The molecule has 4 aromatic rings. The lowest BCUT2D eigenvalue weighted by molar-refractivity contribution is -0.133. The third kappa shape index (κ3) is 2.97. The standard InChI is InChI=1S/C20H17BrN4O2S/c21-17-12-3-1-2-4-14(12)27-20(17)19-18-13(23-11-24-18)7-9-25(19)16(26)6-5-15-22-8-10-28-15/h1-4,8,10-11,19H,5-7,9H2,(H,23,24)/t19-/m0/s1. The largest absolute Gasteiger partial charge is 0.457 e. The molecule has 0 fully saturated rings. The Hall–Kier alpha value is -2.45. The van der Waals surface area contributed by atoms with Crippen LogP contribution in [0.4, 0.5) is 0 Å². The molecule has 3 aromatic heterocycles. The van der Waals surface area contributed by atoms with Crippen molar-refractivity contribution in [2.45, 2.75) is 25.3 Å². The predicted molar refractivity (Wildman–Crippen MR) is 110 cm³/mol. The number of carbonyl (C=O) groups is 1. The van der Waals surface area contributed by atoms with Crippen LogP contribution in [0.15, 0.2) is 51.1 Å². The molecule has 1 aliphatic heterocycles. The first-order valence-electron chi connectivity index (χ1n) is 9.09. The number of fused-ring (bicyclic) bond motifs is 2. The van der Waals surface area contributed by atoms with Gasteiger partial charge in [0.05, 0.1) is 21.5 Å². The van der Waals surface area contributed by atoms with E-state index in [4.69, 9.17) is 4.42 Å². The predicted octanol–water partition coefficient (Wildman–Crippen LogP) is 4.48. The van der Waals surface area contributed by atoms with E-state index in [0.29, 0.717) is 19.4 Å². The molecular weight excluding hydrogens is 440 g/mol. The molecule has 6 nitrogen and oxygen atoms in total. The maximum atomic E-state index is 13.1. The number of benzene rings is 1. The zero-order valence-electron chi connectivity index (χ0n) is 14.9. The number of halogens is 1. The number of thiazole rings is 1. The van der Waals surface area contributed by atoms with Gasteiger partial charge in [0.2, 0.25) is 5.91 Å². The molecule has 1 aliphatic rings. The summed E-state index contributed by atoms with van der Waals surface area (Å²) in [5.74, 6) is 0.804. The van der Waals surface area contributed by atoms with E-state index in [-0.39, 0.29) is 11.9 Å². The van der Waals surface area contributed by atoms with Crippen molar-refractivity contribution in [3.8, 4) is 0 Å². The lowest BCUT2D eigenvalue weighted by Gasteiger charge is -2.34. The topological polar surface area (TPSA) is 75.0 Å². The van der Waals surface area contributed by atoms with Crippen LogP contribution in [-0.2, 0) is 17.6 Å². The van der Waals surface area contributed by atoms with Gasteiger partial charge in [-0.2, -0.15) is 0 Å². The Labute approximate surface area is 173 Å². The normalized spacial score (nSPS) is 16.5. The quantitative estimate of drug-likeness (QED) is 0.490. The smallest absolute Gasteiger partial charge is 0.223 e. The molecule has 5 rings (SSSR count). The summed E-state index contributed by atoms with van der Waals surface area (Å²) in [7, 11) is 0. The van der Waals surface area contributed by atoms with Crippen LogP contribution < -0.4 is 0 Å². The van der Waals surface area contributed by atoms with Crippen LogP contribution >= 0.6 is 27.3 Å². The van der Waals surface area contributed by atoms with E-state index in [1.54, 1.807) is 23.9 Å². The molecule has 1 N–H and O–H groups in total. The lowest BCUT2D eigenvalue weighted by atomic mass is 9.99. The average molecular weight is 457 g/mol. The van der Waals surface area contributed by atoms with Gasteiger partial charge in [-0.25, -0.2) is 9.97 Å². The van der Waals surface area contributed by atoms with Crippen molar-refractivity contribution in [1.82, 2.24) is 19.9 Å². The van der Waals surface area contributed by atoms with Crippen LogP contribution in [-0.4, -0.2) is 32.3 Å². The number of hydrogen-bond donors (Lipinski definition) is 1. The zero-order valence-corrected chi connectivity index (χ0v) is 17.3. The number of aromatic amines is 1. The molecule has 0 saturated heterocycles. The molecule has 8 heteroatoms. The van der Waals surface area contributed by atoms with Gasteiger partial charge in [-0.05, 0) is 28.1 Å². The molecule has 0 bridgehead atoms. The number of para-hydroxylation sites is 1. The molecule has 0 spiro atoms. The van der Waals surface area contributed by atoms with E-state index in [1.165, 1.54) is 0 Å². The van der Waals surface area contributed by atoms with Gasteiger partial charge in [-0.1, -0.05) is 12.1 Å². The number of imidazole rings is 1. The highest BCUT2D eigenvalue weighted by Gasteiger charge is 2.37. The molecule has 0 unspecified atom stereocenters.